The molecule has 24 heavy (non-hydrogen) atoms. The van der Waals surface area contributed by atoms with E-state index in [0.29, 0.717) is 29.4 Å². The molecule has 0 saturated heterocycles. The molecular formula is C18H17BrFNO3. The summed E-state index contributed by atoms with van der Waals surface area (Å²) in [4.78, 5) is 12.1. The maximum atomic E-state index is 13.7. The largest absolute Gasteiger partial charge is 0.497 e. The Bertz CT molecular complexity index is 762. The molecule has 0 heterocycles. The maximum Gasteiger partial charge on any atom is 0.248 e. The molecule has 126 valence electrons. The Hall–Kier alpha value is -2.34. The second-order valence-corrected chi connectivity index (χ2v) is 5.70. The maximum absolute atomic E-state index is 13.7. The Labute approximate surface area is 148 Å². The van der Waals surface area contributed by atoms with Crippen LogP contribution in [0.15, 0.2) is 46.9 Å². The molecule has 2 aromatic carbocycles. The first kappa shape index (κ1) is 18.0. The second-order valence-electron chi connectivity index (χ2n) is 4.78. The topological polar surface area (TPSA) is 47.6 Å². The van der Waals surface area contributed by atoms with Crippen LogP contribution >= 0.6 is 15.9 Å². The lowest BCUT2D eigenvalue weighted by atomic mass is 10.2. The summed E-state index contributed by atoms with van der Waals surface area (Å²) in [5, 5.41) is 2.71. The third kappa shape index (κ3) is 4.83. The number of methoxy groups -OCH3 is 1. The molecule has 2 aromatic rings. The molecule has 0 aliphatic rings. The summed E-state index contributed by atoms with van der Waals surface area (Å²) in [6.45, 7) is 2.32. The van der Waals surface area contributed by atoms with Crippen molar-refractivity contribution in [3.05, 3.63) is 58.3 Å². The van der Waals surface area contributed by atoms with E-state index in [0.717, 1.165) is 4.47 Å². The highest BCUT2D eigenvalue weighted by atomic mass is 79.9. The quantitative estimate of drug-likeness (QED) is 0.726. The summed E-state index contributed by atoms with van der Waals surface area (Å²) in [5.74, 6) is 0.326. The molecule has 6 heteroatoms. The first-order chi connectivity index (χ1) is 11.5. The van der Waals surface area contributed by atoms with Gasteiger partial charge in [0.15, 0.2) is 0 Å². The summed E-state index contributed by atoms with van der Waals surface area (Å²) in [6, 6.07) is 9.64. The number of benzene rings is 2. The third-order valence-corrected chi connectivity index (χ3v) is 3.61. The molecule has 0 unspecified atom stereocenters. The van der Waals surface area contributed by atoms with Crippen LogP contribution in [0.25, 0.3) is 6.08 Å². The van der Waals surface area contributed by atoms with E-state index in [2.05, 4.69) is 21.2 Å². The second kappa shape index (κ2) is 8.49. The molecular weight excluding hydrogens is 377 g/mol. The van der Waals surface area contributed by atoms with Gasteiger partial charge >= 0.3 is 0 Å². The smallest absolute Gasteiger partial charge is 0.248 e. The highest BCUT2D eigenvalue weighted by Crippen LogP contribution is 2.29. The molecule has 0 atom stereocenters. The van der Waals surface area contributed by atoms with Crippen LogP contribution in [0.5, 0.6) is 11.5 Å². The standard InChI is InChI=1S/C18H17BrFNO3/c1-3-24-17-8-6-14(23-2)11-16(17)21-18(22)9-4-12-10-13(19)5-7-15(12)20/h4-11H,3H2,1-2H3,(H,21,22). The lowest BCUT2D eigenvalue weighted by Crippen LogP contribution is -2.09. The van der Waals surface area contributed by atoms with Gasteiger partial charge in [-0.15, -0.1) is 0 Å². The van der Waals surface area contributed by atoms with Crippen molar-refractivity contribution < 1.29 is 18.7 Å². The summed E-state index contributed by atoms with van der Waals surface area (Å²) < 4.78 is 25.0. The van der Waals surface area contributed by atoms with E-state index in [1.807, 2.05) is 6.92 Å². The Kier molecular flexibility index (Phi) is 6.37. The number of halogens is 2. The normalized spacial score (nSPS) is 10.7. The predicted molar refractivity (Wildman–Crippen MR) is 95.9 cm³/mol. The number of carbonyl (C=O) groups is 1. The zero-order chi connectivity index (χ0) is 17.5. The monoisotopic (exact) mass is 393 g/mol. The molecule has 0 bridgehead atoms. The van der Waals surface area contributed by atoms with Crippen molar-refractivity contribution in [1.29, 1.82) is 0 Å². The molecule has 0 aliphatic heterocycles. The zero-order valence-corrected chi connectivity index (χ0v) is 14.9. The molecule has 1 amide bonds. The van der Waals surface area contributed by atoms with E-state index in [9.17, 15) is 9.18 Å². The van der Waals surface area contributed by atoms with Crippen molar-refractivity contribution in [3.8, 4) is 11.5 Å². The molecule has 0 aromatic heterocycles. The van der Waals surface area contributed by atoms with Gasteiger partial charge in [-0.05, 0) is 43.3 Å². The lowest BCUT2D eigenvalue weighted by Gasteiger charge is -2.12. The van der Waals surface area contributed by atoms with Crippen LogP contribution in [0.4, 0.5) is 10.1 Å². The molecule has 0 saturated carbocycles. The predicted octanol–water partition coefficient (Wildman–Crippen LogP) is 4.65. The van der Waals surface area contributed by atoms with Gasteiger partial charge in [-0.3, -0.25) is 4.79 Å². The molecule has 0 radical (unpaired) electrons. The van der Waals surface area contributed by atoms with Crippen LogP contribution in [0.1, 0.15) is 12.5 Å². The summed E-state index contributed by atoms with van der Waals surface area (Å²) in [5.41, 5.74) is 0.802. The van der Waals surface area contributed by atoms with Gasteiger partial charge in [0.05, 0.1) is 19.4 Å². The molecule has 0 aliphatic carbocycles. The van der Waals surface area contributed by atoms with Crippen LogP contribution in [-0.2, 0) is 4.79 Å². The van der Waals surface area contributed by atoms with Crippen LogP contribution in [0.3, 0.4) is 0 Å². The van der Waals surface area contributed by atoms with Crippen LogP contribution in [0.2, 0.25) is 0 Å². The van der Waals surface area contributed by atoms with E-state index in [1.54, 1.807) is 30.3 Å². The van der Waals surface area contributed by atoms with Gasteiger partial charge in [0.1, 0.15) is 17.3 Å². The minimum Gasteiger partial charge on any atom is -0.497 e. The fourth-order valence-electron chi connectivity index (χ4n) is 2.00. The van der Waals surface area contributed by atoms with E-state index in [1.165, 1.54) is 25.3 Å². The fraction of sp³-hybridized carbons (Fsp3) is 0.167. The summed E-state index contributed by atoms with van der Waals surface area (Å²) in [6.07, 6.45) is 2.68. The summed E-state index contributed by atoms with van der Waals surface area (Å²) in [7, 11) is 1.54. The first-order valence-corrected chi connectivity index (χ1v) is 8.07. The Morgan fingerprint density at radius 2 is 2.08 bits per heavy atom. The molecule has 0 spiro atoms. The minimum atomic E-state index is -0.404. The van der Waals surface area contributed by atoms with E-state index in [4.69, 9.17) is 9.47 Å². The van der Waals surface area contributed by atoms with Gasteiger partial charge in [0.2, 0.25) is 5.91 Å². The van der Waals surface area contributed by atoms with Crippen molar-refractivity contribution in [2.24, 2.45) is 0 Å². The number of rotatable bonds is 6. The van der Waals surface area contributed by atoms with Gasteiger partial charge in [0.25, 0.3) is 0 Å². The minimum absolute atomic E-state index is 0.315. The third-order valence-electron chi connectivity index (χ3n) is 3.12. The van der Waals surface area contributed by atoms with Gasteiger partial charge < -0.3 is 14.8 Å². The molecule has 4 nitrogen and oxygen atoms in total. The first-order valence-electron chi connectivity index (χ1n) is 7.28. The number of carbonyl (C=O) groups excluding carboxylic acids is 1. The van der Waals surface area contributed by atoms with E-state index < -0.39 is 11.7 Å². The SMILES string of the molecule is CCOc1ccc(OC)cc1NC(=O)C=Cc1cc(Br)ccc1F. The number of ether oxygens (including phenoxy) is 2. The Morgan fingerprint density at radius 1 is 1.29 bits per heavy atom. The number of amides is 1. The average molecular weight is 394 g/mol. The number of anilines is 1. The number of nitrogens with one attached hydrogen (secondary N) is 1. The van der Waals surface area contributed by atoms with Gasteiger partial charge in [-0.1, -0.05) is 15.9 Å². The van der Waals surface area contributed by atoms with Crippen LogP contribution in [0, 0.1) is 5.82 Å². The van der Waals surface area contributed by atoms with Crippen molar-refractivity contribution >= 4 is 33.6 Å². The number of hydrogen-bond donors (Lipinski definition) is 1. The van der Waals surface area contributed by atoms with E-state index in [-0.39, 0.29) is 0 Å². The Morgan fingerprint density at radius 3 is 2.79 bits per heavy atom. The highest BCUT2D eigenvalue weighted by Gasteiger charge is 2.08. The fourth-order valence-corrected chi connectivity index (χ4v) is 2.38. The van der Waals surface area contributed by atoms with Gasteiger partial charge in [-0.25, -0.2) is 4.39 Å². The Balaban J connectivity index is 2.17. The highest BCUT2D eigenvalue weighted by molar-refractivity contribution is 9.10. The van der Waals surface area contributed by atoms with Crippen molar-refractivity contribution in [2.75, 3.05) is 19.0 Å². The van der Waals surface area contributed by atoms with Crippen LogP contribution in [-0.4, -0.2) is 19.6 Å². The average Bonchev–Trinajstić information content (AvgIpc) is 2.57. The zero-order valence-electron chi connectivity index (χ0n) is 13.3. The van der Waals surface area contributed by atoms with Gasteiger partial charge in [-0.2, -0.15) is 0 Å². The van der Waals surface area contributed by atoms with Gasteiger partial charge in [0, 0.05) is 22.2 Å². The van der Waals surface area contributed by atoms with E-state index >= 15 is 0 Å². The van der Waals surface area contributed by atoms with Crippen molar-refractivity contribution in [2.45, 2.75) is 6.92 Å². The molecule has 0 fully saturated rings. The number of hydrogen-bond acceptors (Lipinski definition) is 3. The van der Waals surface area contributed by atoms with Crippen LogP contribution < -0.4 is 14.8 Å². The molecule has 2 rings (SSSR count). The summed E-state index contributed by atoms with van der Waals surface area (Å²) >= 11 is 3.27. The molecule has 1 N–H and O–H groups in total. The van der Waals surface area contributed by atoms with Crippen molar-refractivity contribution in [3.63, 3.8) is 0 Å². The van der Waals surface area contributed by atoms with Crippen molar-refractivity contribution in [1.82, 2.24) is 0 Å². The lowest BCUT2D eigenvalue weighted by molar-refractivity contribution is -0.111.